The second-order valence-corrected chi connectivity index (χ2v) is 4.21. The lowest BCUT2D eigenvalue weighted by atomic mass is 10.1. The van der Waals surface area contributed by atoms with Crippen molar-refractivity contribution in [3.63, 3.8) is 0 Å². The third-order valence-electron chi connectivity index (χ3n) is 1.57. The van der Waals surface area contributed by atoms with Crippen molar-refractivity contribution >= 4 is 37.9 Å². The first-order valence-corrected chi connectivity index (χ1v) is 5.73. The summed E-state index contributed by atoms with van der Waals surface area (Å²) in [7, 11) is 0. The van der Waals surface area contributed by atoms with Crippen molar-refractivity contribution in [2.24, 2.45) is 0 Å². The summed E-state index contributed by atoms with van der Waals surface area (Å²) in [6.45, 7) is 1.99. The van der Waals surface area contributed by atoms with Crippen LogP contribution in [-0.4, -0.2) is 5.33 Å². The van der Waals surface area contributed by atoms with Gasteiger partial charge in [0.15, 0.2) is 0 Å². The van der Waals surface area contributed by atoms with Crippen LogP contribution in [0.3, 0.4) is 0 Å². The zero-order valence-corrected chi connectivity index (χ0v) is 10.3. The summed E-state index contributed by atoms with van der Waals surface area (Å²) < 4.78 is 13.8. The van der Waals surface area contributed by atoms with Crippen molar-refractivity contribution in [1.82, 2.24) is 0 Å². The van der Waals surface area contributed by atoms with Gasteiger partial charge < -0.3 is 0 Å². The van der Waals surface area contributed by atoms with Crippen LogP contribution in [0.15, 0.2) is 28.2 Å². The van der Waals surface area contributed by atoms with Crippen LogP contribution in [0.2, 0.25) is 0 Å². The molecule has 0 fully saturated rings. The molecule has 0 aliphatic heterocycles. The molecular weight excluding hydrogens is 299 g/mol. The van der Waals surface area contributed by atoms with E-state index in [1.54, 1.807) is 6.07 Å². The SMILES string of the molecule is C/C(=C/c1cc(F)ccc1Br)CBr. The highest BCUT2D eigenvalue weighted by Crippen LogP contribution is 2.20. The highest BCUT2D eigenvalue weighted by molar-refractivity contribution is 9.10. The van der Waals surface area contributed by atoms with Crippen molar-refractivity contribution < 1.29 is 4.39 Å². The Hall–Kier alpha value is -0.150. The molecule has 0 saturated carbocycles. The van der Waals surface area contributed by atoms with Gasteiger partial charge in [-0.2, -0.15) is 0 Å². The minimum atomic E-state index is -0.211. The van der Waals surface area contributed by atoms with Crippen LogP contribution in [0.4, 0.5) is 4.39 Å². The summed E-state index contributed by atoms with van der Waals surface area (Å²) in [4.78, 5) is 0. The smallest absolute Gasteiger partial charge is 0.123 e. The molecule has 0 bridgehead atoms. The van der Waals surface area contributed by atoms with Gasteiger partial charge >= 0.3 is 0 Å². The molecule has 0 aliphatic rings. The number of allylic oxidation sites excluding steroid dienone is 1. The summed E-state index contributed by atoms with van der Waals surface area (Å²) in [6.07, 6.45) is 1.95. The molecule has 3 heteroatoms. The molecule has 0 nitrogen and oxygen atoms in total. The molecular formula is C10H9Br2F. The quantitative estimate of drug-likeness (QED) is 0.711. The Balaban J connectivity index is 3.07. The maximum atomic E-state index is 12.8. The molecule has 1 aromatic carbocycles. The maximum Gasteiger partial charge on any atom is 0.123 e. The Kier molecular flexibility index (Phi) is 4.13. The van der Waals surface area contributed by atoms with Gasteiger partial charge in [-0.15, -0.1) is 0 Å². The van der Waals surface area contributed by atoms with Crippen molar-refractivity contribution in [3.05, 3.63) is 39.6 Å². The normalized spacial score (nSPS) is 11.8. The van der Waals surface area contributed by atoms with E-state index < -0.39 is 0 Å². The van der Waals surface area contributed by atoms with Crippen LogP contribution in [0, 0.1) is 5.82 Å². The predicted octanol–water partition coefficient (Wildman–Crippen LogP) is 4.39. The minimum absolute atomic E-state index is 0.211. The fraction of sp³-hybridized carbons (Fsp3) is 0.200. The average Bonchev–Trinajstić information content (AvgIpc) is 2.11. The summed E-state index contributed by atoms with van der Waals surface area (Å²) in [5, 5.41) is 0.802. The summed E-state index contributed by atoms with van der Waals surface area (Å²) >= 11 is 6.70. The first kappa shape index (κ1) is 10.9. The zero-order valence-electron chi connectivity index (χ0n) is 7.15. The lowest BCUT2D eigenvalue weighted by Gasteiger charge is -2.00. The molecule has 0 saturated heterocycles. The Morgan fingerprint density at radius 2 is 2.23 bits per heavy atom. The average molecular weight is 308 g/mol. The predicted molar refractivity (Wildman–Crippen MR) is 61.5 cm³/mol. The molecule has 0 unspecified atom stereocenters. The van der Waals surface area contributed by atoms with Gasteiger partial charge in [0.2, 0.25) is 0 Å². The number of halogens is 3. The van der Waals surface area contributed by atoms with Crippen LogP contribution in [0.1, 0.15) is 12.5 Å². The van der Waals surface area contributed by atoms with Gasteiger partial charge in [0.05, 0.1) is 0 Å². The number of alkyl halides is 1. The van der Waals surface area contributed by atoms with E-state index in [2.05, 4.69) is 31.9 Å². The van der Waals surface area contributed by atoms with Crippen LogP contribution in [0.5, 0.6) is 0 Å². The Morgan fingerprint density at radius 3 is 2.85 bits per heavy atom. The lowest BCUT2D eigenvalue weighted by Crippen LogP contribution is -1.82. The molecule has 0 amide bonds. The van der Waals surface area contributed by atoms with E-state index in [1.807, 2.05) is 13.0 Å². The molecule has 0 radical (unpaired) electrons. The molecule has 0 aromatic heterocycles. The minimum Gasteiger partial charge on any atom is -0.207 e. The van der Waals surface area contributed by atoms with E-state index >= 15 is 0 Å². The summed E-state index contributed by atoms with van der Waals surface area (Å²) in [5.74, 6) is -0.211. The maximum absolute atomic E-state index is 12.8. The first-order valence-electron chi connectivity index (χ1n) is 3.81. The lowest BCUT2D eigenvalue weighted by molar-refractivity contribution is 0.627. The van der Waals surface area contributed by atoms with Crippen LogP contribution in [0.25, 0.3) is 6.08 Å². The van der Waals surface area contributed by atoms with E-state index in [1.165, 1.54) is 12.1 Å². The number of rotatable bonds is 2. The highest BCUT2D eigenvalue weighted by atomic mass is 79.9. The molecule has 0 spiro atoms. The van der Waals surface area contributed by atoms with Crippen molar-refractivity contribution in [2.75, 3.05) is 5.33 Å². The molecule has 70 valence electrons. The van der Waals surface area contributed by atoms with Gasteiger partial charge in [0.1, 0.15) is 5.82 Å². The molecule has 0 N–H and O–H groups in total. The third kappa shape index (κ3) is 3.24. The Labute approximate surface area is 94.1 Å². The number of hydrogen-bond acceptors (Lipinski definition) is 0. The van der Waals surface area contributed by atoms with Gasteiger partial charge in [-0.3, -0.25) is 0 Å². The zero-order chi connectivity index (χ0) is 9.84. The molecule has 0 heterocycles. The van der Waals surface area contributed by atoms with Crippen LogP contribution < -0.4 is 0 Å². The molecule has 0 atom stereocenters. The number of benzene rings is 1. The molecule has 1 aromatic rings. The van der Waals surface area contributed by atoms with Gasteiger partial charge in [-0.25, -0.2) is 4.39 Å². The number of hydrogen-bond donors (Lipinski definition) is 0. The van der Waals surface area contributed by atoms with Crippen LogP contribution in [-0.2, 0) is 0 Å². The Morgan fingerprint density at radius 1 is 1.54 bits per heavy atom. The van der Waals surface area contributed by atoms with E-state index in [9.17, 15) is 4.39 Å². The third-order valence-corrected chi connectivity index (χ3v) is 3.18. The van der Waals surface area contributed by atoms with E-state index in [4.69, 9.17) is 0 Å². The summed E-state index contributed by atoms with van der Waals surface area (Å²) in [6, 6.07) is 4.66. The van der Waals surface area contributed by atoms with E-state index in [0.29, 0.717) is 0 Å². The van der Waals surface area contributed by atoms with Crippen LogP contribution >= 0.6 is 31.9 Å². The van der Waals surface area contributed by atoms with E-state index in [-0.39, 0.29) is 5.82 Å². The standard InChI is InChI=1S/C10H9Br2F/c1-7(6-11)4-8-5-9(13)2-3-10(8)12/h2-5H,6H2,1H3/b7-4-. The monoisotopic (exact) mass is 306 g/mol. The first-order chi connectivity index (χ1) is 6.13. The molecule has 13 heavy (non-hydrogen) atoms. The topological polar surface area (TPSA) is 0 Å². The van der Waals surface area contributed by atoms with Crippen molar-refractivity contribution in [3.8, 4) is 0 Å². The van der Waals surface area contributed by atoms with E-state index in [0.717, 1.165) is 20.9 Å². The second kappa shape index (κ2) is 4.91. The highest BCUT2D eigenvalue weighted by Gasteiger charge is 1.98. The van der Waals surface area contributed by atoms with Gasteiger partial charge in [-0.1, -0.05) is 43.5 Å². The second-order valence-electron chi connectivity index (χ2n) is 2.79. The molecule has 0 aliphatic carbocycles. The fourth-order valence-corrected chi connectivity index (χ4v) is 1.45. The summed E-state index contributed by atoms with van der Waals surface area (Å²) in [5.41, 5.74) is 2.03. The van der Waals surface area contributed by atoms with Gasteiger partial charge in [-0.05, 0) is 30.7 Å². The molecule has 1 rings (SSSR count). The Bertz CT molecular complexity index is 332. The largest absolute Gasteiger partial charge is 0.207 e. The van der Waals surface area contributed by atoms with Gasteiger partial charge in [0, 0.05) is 9.80 Å². The fourth-order valence-electron chi connectivity index (χ4n) is 0.929. The van der Waals surface area contributed by atoms with Crippen molar-refractivity contribution in [2.45, 2.75) is 6.92 Å². The van der Waals surface area contributed by atoms with Crippen molar-refractivity contribution in [1.29, 1.82) is 0 Å². The van der Waals surface area contributed by atoms with Gasteiger partial charge in [0.25, 0.3) is 0 Å².